The van der Waals surface area contributed by atoms with Crippen molar-refractivity contribution >= 4 is 50.6 Å². The summed E-state index contributed by atoms with van der Waals surface area (Å²) < 4.78 is 62.2. The largest absolute Gasteiger partial charge is 0.469 e. The van der Waals surface area contributed by atoms with Crippen LogP contribution in [0.3, 0.4) is 0 Å². The van der Waals surface area contributed by atoms with E-state index < -0.39 is 28.5 Å². The topological polar surface area (TPSA) is 149 Å². The highest BCUT2D eigenvalue weighted by atomic mass is 35.5. The maximum atomic E-state index is 13.7. The van der Waals surface area contributed by atoms with Gasteiger partial charge in [-0.2, -0.15) is 13.2 Å². The number of likely N-dealkylation sites (N-methyl/N-ethyl adjacent to an activating group) is 1. The Kier molecular flexibility index (Phi) is 13.2. The minimum Gasteiger partial charge on any atom is -0.469 e. The van der Waals surface area contributed by atoms with Gasteiger partial charge in [0.2, 0.25) is 5.88 Å². The predicted octanol–water partition coefficient (Wildman–Crippen LogP) is 13.3. The molecule has 0 spiro atoms. The van der Waals surface area contributed by atoms with Crippen molar-refractivity contribution < 1.29 is 37.0 Å². The number of aryl methyl sites for hydroxylation is 1. The Morgan fingerprint density at radius 1 is 0.714 bits per heavy atom. The highest BCUT2D eigenvalue weighted by Gasteiger charge is 2.40. The number of rotatable bonds is 12. The van der Waals surface area contributed by atoms with E-state index >= 15 is 0 Å². The van der Waals surface area contributed by atoms with Crippen LogP contribution in [0.15, 0.2) is 161 Å². The summed E-state index contributed by atoms with van der Waals surface area (Å²) in [6, 6.07) is 30.9. The molecule has 0 radical (unpaired) electrons. The van der Waals surface area contributed by atoms with Gasteiger partial charge < -0.3 is 33.3 Å². The molecule has 390 valence electrons. The molecule has 8 heterocycles. The maximum absolute atomic E-state index is 13.7. The molecule has 11 rings (SSSR count). The van der Waals surface area contributed by atoms with Gasteiger partial charge in [-0.25, -0.2) is 15.0 Å². The third-order valence-corrected chi connectivity index (χ3v) is 14.8. The van der Waals surface area contributed by atoms with Gasteiger partial charge in [0.15, 0.2) is 11.4 Å². The van der Waals surface area contributed by atoms with Crippen LogP contribution in [0.25, 0.3) is 50.2 Å². The predicted molar refractivity (Wildman–Crippen MR) is 289 cm³/mol. The number of hydrogen-bond donors (Lipinski definition) is 2. The molecule has 0 amide bonds. The molecule has 2 N–H and O–H groups in total. The Morgan fingerprint density at radius 3 is 2.09 bits per heavy atom. The van der Waals surface area contributed by atoms with Gasteiger partial charge in [-0.05, 0) is 120 Å². The lowest BCUT2D eigenvalue weighted by Gasteiger charge is -2.31. The van der Waals surface area contributed by atoms with Gasteiger partial charge in [0, 0.05) is 71.2 Å². The van der Waals surface area contributed by atoms with E-state index in [1.165, 1.54) is 18.6 Å². The van der Waals surface area contributed by atoms with Gasteiger partial charge in [0.05, 0.1) is 46.1 Å². The number of aromatic nitrogens is 6. The van der Waals surface area contributed by atoms with E-state index in [4.69, 9.17) is 46.7 Å². The second-order valence-corrected chi connectivity index (χ2v) is 21.1. The Labute approximate surface area is 451 Å². The molecule has 1 aliphatic heterocycles. The quantitative estimate of drug-likeness (QED) is 0.120. The second kappa shape index (κ2) is 19.7. The summed E-state index contributed by atoms with van der Waals surface area (Å²) in [6.07, 6.45) is 6.90. The van der Waals surface area contributed by atoms with Crippen molar-refractivity contribution in [2.45, 2.75) is 56.6 Å². The first-order chi connectivity index (χ1) is 36.8. The van der Waals surface area contributed by atoms with E-state index in [1.54, 1.807) is 72.7 Å². The number of pyridine rings is 4. The van der Waals surface area contributed by atoms with Crippen LogP contribution in [0.2, 0.25) is 10.0 Å². The fraction of sp³-hybridized carbons (Fsp3) is 0.217. The zero-order chi connectivity index (χ0) is 54.0. The number of ether oxygens (including phenoxy) is 1. The van der Waals surface area contributed by atoms with Crippen molar-refractivity contribution in [3.63, 3.8) is 0 Å². The standard InChI is InChI=1S/C60H50Cl2F3N7O5/c1-57(2,3)53-52(43-28-37(13-17-45(43)69-55(53)48-12-8-26-75-48)58(73,39-10-7-23-66-30-39)36-9-6-11-41(61)27-36)47-19-16-42(77-47)33-76-56-51(35-21-24-71(4)25-22-35)54(62)44-29-38(14-18-46(44)70-56)59(74,50-32-67-34-72(50)5)40-15-20-49(68-31-40)60(63,64)65/h6-21,23,26-32,34,73-74H,22,24-25,33H2,1-5H3. The molecule has 2 atom stereocenters. The van der Waals surface area contributed by atoms with Crippen LogP contribution in [0.4, 0.5) is 13.2 Å². The van der Waals surface area contributed by atoms with E-state index in [1.807, 2.05) is 61.6 Å². The molecule has 0 fully saturated rings. The van der Waals surface area contributed by atoms with Crippen LogP contribution in [0.5, 0.6) is 5.88 Å². The number of imidazole rings is 1. The molecule has 77 heavy (non-hydrogen) atoms. The summed E-state index contributed by atoms with van der Waals surface area (Å²) in [4.78, 5) is 24.7. The van der Waals surface area contributed by atoms with Crippen LogP contribution in [-0.2, 0) is 36.4 Å². The van der Waals surface area contributed by atoms with Crippen LogP contribution >= 0.6 is 23.2 Å². The van der Waals surface area contributed by atoms with E-state index in [0.717, 1.165) is 35.5 Å². The third-order valence-electron chi connectivity index (χ3n) is 14.2. The zero-order valence-electron chi connectivity index (χ0n) is 42.4. The zero-order valence-corrected chi connectivity index (χ0v) is 43.9. The Balaban J connectivity index is 1.03. The number of benzene rings is 3. The lowest BCUT2D eigenvalue weighted by Crippen LogP contribution is -2.31. The summed E-state index contributed by atoms with van der Waals surface area (Å²) in [5.74, 6) is 1.80. The lowest BCUT2D eigenvalue weighted by molar-refractivity contribution is -0.141. The summed E-state index contributed by atoms with van der Waals surface area (Å²) in [6.45, 7) is 7.62. The molecule has 2 unspecified atom stereocenters. The molecule has 17 heteroatoms. The van der Waals surface area contributed by atoms with Gasteiger partial charge in [0.1, 0.15) is 35.1 Å². The van der Waals surface area contributed by atoms with E-state index in [0.29, 0.717) is 95.6 Å². The molecular weight excluding hydrogens is 1030 g/mol. The maximum Gasteiger partial charge on any atom is 0.433 e. The minimum atomic E-state index is -4.68. The fourth-order valence-corrected chi connectivity index (χ4v) is 10.9. The van der Waals surface area contributed by atoms with Crippen molar-refractivity contribution in [3.8, 4) is 28.7 Å². The van der Waals surface area contributed by atoms with Gasteiger partial charge >= 0.3 is 6.18 Å². The fourth-order valence-electron chi connectivity index (χ4n) is 10.3. The number of aliphatic hydroxyl groups is 2. The van der Waals surface area contributed by atoms with Crippen molar-refractivity contribution in [2.24, 2.45) is 7.05 Å². The average Bonchev–Trinajstić information content (AvgIpc) is 4.31. The van der Waals surface area contributed by atoms with E-state index in [2.05, 4.69) is 46.7 Å². The van der Waals surface area contributed by atoms with Gasteiger partial charge in [0.25, 0.3) is 0 Å². The third kappa shape index (κ3) is 9.35. The smallest absolute Gasteiger partial charge is 0.433 e. The van der Waals surface area contributed by atoms with Crippen molar-refractivity contribution in [1.82, 2.24) is 34.4 Å². The number of furan rings is 2. The van der Waals surface area contributed by atoms with E-state index in [9.17, 15) is 23.4 Å². The molecule has 0 bridgehead atoms. The van der Waals surface area contributed by atoms with Crippen LogP contribution in [0.1, 0.15) is 83.3 Å². The van der Waals surface area contributed by atoms with Crippen LogP contribution in [-0.4, -0.2) is 64.7 Å². The van der Waals surface area contributed by atoms with Crippen molar-refractivity contribution in [2.75, 3.05) is 20.1 Å². The van der Waals surface area contributed by atoms with Gasteiger partial charge in [-0.1, -0.05) is 86.4 Å². The summed E-state index contributed by atoms with van der Waals surface area (Å²) in [7, 11) is 3.71. The summed E-state index contributed by atoms with van der Waals surface area (Å²) >= 11 is 14.1. The monoisotopic (exact) mass is 1080 g/mol. The number of alkyl halides is 3. The number of halogens is 5. The first-order valence-corrected chi connectivity index (χ1v) is 25.5. The van der Waals surface area contributed by atoms with Crippen LogP contribution in [0, 0.1) is 0 Å². The summed E-state index contributed by atoms with van der Waals surface area (Å²) in [5, 5.41) is 27.7. The van der Waals surface area contributed by atoms with Gasteiger partial charge in [-0.15, -0.1) is 0 Å². The second-order valence-electron chi connectivity index (χ2n) is 20.3. The SMILES string of the molecule is CN1CC=C(c2c(OCc3ccc(-c4c(C(C)(C)C)c(-c5ccco5)nc5ccc(C(O)(c6cccnc6)c6cccc(Cl)c6)cc45)o3)nc3ccc(C(O)(c4ccc(C(F)(F)F)nc4)c4cncn4C)cc3c2Cl)CC1. The Hall–Kier alpha value is -7.66. The lowest BCUT2D eigenvalue weighted by atomic mass is 9.78. The summed E-state index contributed by atoms with van der Waals surface area (Å²) in [5.41, 5.74) is 1.72. The molecule has 12 nitrogen and oxygen atoms in total. The number of fused-ring (bicyclic) bond motifs is 2. The highest BCUT2D eigenvalue weighted by Crippen LogP contribution is 2.48. The number of nitrogens with zero attached hydrogens (tertiary/aromatic N) is 7. The average molecular weight is 1080 g/mol. The van der Waals surface area contributed by atoms with Crippen LogP contribution < -0.4 is 4.74 Å². The van der Waals surface area contributed by atoms with Crippen molar-refractivity contribution in [1.29, 1.82) is 0 Å². The molecule has 0 saturated carbocycles. The molecule has 0 saturated heterocycles. The minimum absolute atomic E-state index is 0.0616. The van der Waals surface area contributed by atoms with E-state index in [-0.39, 0.29) is 23.7 Å². The Bertz CT molecular complexity index is 3880. The molecule has 10 aromatic rings. The number of hydrogen-bond acceptors (Lipinski definition) is 11. The molecule has 7 aromatic heterocycles. The Morgan fingerprint density at radius 2 is 1.44 bits per heavy atom. The first kappa shape index (κ1) is 51.4. The highest BCUT2D eigenvalue weighted by molar-refractivity contribution is 6.37. The first-order valence-electron chi connectivity index (χ1n) is 24.7. The van der Waals surface area contributed by atoms with Gasteiger partial charge in [-0.3, -0.25) is 9.97 Å². The molecule has 1 aliphatic rings. The molecule has 0 aliphatic carbocycles. The normalized spacial score (nSPS) is 15.1. The molecule has 3 aromatic carbocycles. The van der Waals surface area contributed by atoms with Crippen molar-refractivity contribution in [3.05, 3.63) is 219 Å². The molecular formula is C60H50Cl2F3N7O5.